The standard InChI is InChI=1S/C21H19ClFN5O2/c1-24-10-15-8-12-7-13(3-5-18(12)30-15)27-21-25-11-17(23)20(28-21)26-14-4-6-19(29-2)16(22)9-14/h3-7,9-11,24H,8H2,1-2H3,(H2,25,26,27,28)/b15-10-. The Bertz CT molecular complexity index is 1120. The summed E-state index contributed by atoms with van der Waals surface area (Å²) in [5.74, 6) is 1.87. The van der Waals surface area contributed by atoms with Crippen molar-refractivity contribution >= 4 is 34.7 Å². The molecule has 0 bridgehead atoms. The molecule has 0 atom stereocenters. The fourth-order valence-electron chi connectivity index (χ4n) is 3.03. The summed E-state index contributed by atoms with van der Waals surface area (Å²) in [6, 6.07) is 10.7. The number of halogens is 2. The van der Waals surface area contributed by atoms with Crippen LogP contribution in [0.5, 0.6) is 11.5 Å². The third-order valence-electron chi connectivity index (χ3n) is 4.39. The number of ether oxygens (including phenoxy) is 2. The maximum atomic E-state index is 14.2. The number of benzene rings is 2. The fraction of sp³-hybridized carbons (Fsp3) is 0.143. The van der Waals surface area contributed by atoms with E-state index in [1.807, 2.05) is 31.4 Å². The topological polar surface area (TPSA) is 80.3 Å². The van der Waals surface area contributed by atoms with Crippen LogP contribution in [0.25, 0.3) is 0 Å². The first kappa shape index (κ1) is 19.8. The number of hydrogen-bond acceptors (Lipinski definition) is 7. The molecule has 9 heteroatoms. The molecule has 4 rings (SSSR count). The highest BCUT2D eigenvalue weighted by Gasteiger charge is 2.18. The molecule has 2 heterocycles. The molecular weight excluding hydrogens is 409 g/mol. The van der Waals surface area contributed by atoms with Gasteiger partial charge in [-0.05, 0) is 36.4 Å². The van der Waals surface area contributed by atoms with Gasteiger partial charge in [-0.25, -0.2) is 9.37 Å². The van der Waals surface area contributed by atoms with Gasteiger partial charge in [0.05, 0.1) is 18.3 Å². The maximum Gasteiger partial charge on any atom is 0.229 e. The van der Waals surface area contributed by atoms with Crippen molar-refractivity contribution in [3.8, 4) is 11.5 Å². The number of rotatable bonds is 6. The Balaban J connectivity index is 1.52. The minimum atomic E-state index is -0.586. The first-order chi connectivity index (χ1) is 14.6. The molecule has 0 saturated carbocycles. The zero-order valence-electron chi connectivity index (χ0n) is 16.3. The summed E-state index contributed by atoms with van der Waals surface area (Å²) in [6.07, 6.45) is 3.60. The van der Waals surface area contributed by atoms with Crippen LogP contribution in [0.15, 0.2) is 54.6 Å². The average Bonchev–Trinajstić information content (AvgIpc) is 3.13. The molecule has 0 unspecified atom stereocenters. The van der Waals surface area contributed by atoms with Gasteiger partial charge in [0.15, 0.2) is 11.6 Å². The molecule has 30 heavy (non-hydrogen) atoms. The van der Waals surface area contributed by atoms with E-state index in [2.05, 4.69) is 25.9 Å². The number of nitrogens with zero attached hydrogens (tertiary/aromatic N) is 2. The van der Waals surface area contributed by atoms with Gasteiger partial charge in [0.2, 0.25) is 5.95 Å². The van der Waals surface area contributed by atoms with E-state index < -0.39 is 5.82 Å². The Morgan fingerprint density at radius 3 is 2.73 bits per heavy atom. The molecule has 154 valence electrons. The number of methoxy groups -OCH3 is 1. The van der Waals surface area contributed by atoms with Crippen LogP contribution in [-0.4, -0.2) is 24.1 Å². The highest BCUT2D eigenvalue weighted by Crippen LogP contribution is 2.33. The number of nitrogens with one attached hydrogen (secondary N) is 3. The second-order valence-corrected chi connectivity index (χ2v) is 6.90. The summed E-state index contributed by atoms with van der Waals surface area (Å²) < 4.78 is 25.1. The molecule has 0 saturated heterocycles. The minimum Gasteiger partial charge on any atom is -0.495 e. The van der Waals surface area contributed by atoms with E-state index in [-0.39, 0.29) is 11.8 Å². The normalized spacial score (nSPS) is 13.5. The molecule has 0 spiro atoms. The van der Waals surface area contributed by atoms with Crippen LogP contribution in [0, 0.1) is 5.82 Å². The highest BCUT2D eigenvalue weighted by atomic mass is 35.5. The smallest absolute Gasteiger partial charge is 0.229 e. The largest absolute Gasteiger partial charge is 0.495 e. The average molecular weight is 428 g/mol. The van der Waals surface area contributed by atoms with Gasteiger partial charge in [-0.3, -0.25) is 0 Å². The summed E-state index contributed by atoms with van der Waals surface area (Å²) in [6.45, 7) is 0. The van der Waals surface area contributed by atoms with E-state index in [0.29, 0.717) is 22.9 Å². The van der Waals surface area contributed by atoms with Crippen LogP contribution in [-0.2, 0) is 6.42 Å². The predicted molar refractivity (Wildman–Crippen MR) is 114 cm³/mol. The highest BCUT2D eigenvalue weighted by molar-refractivity contribution is 6.32. The van der Waals surface area contributed by atoms with Crippen LogP contribution >= 0.6 is 11.6 Å². The van der Waals surface area contributed by atoms with E-state index in [0.717, 1.165) is 29.0 Å². The zero-order chi connectivity index (χ0) is 21.1. The summed E-state index contributed by atoms with van der Waals surface area (Å²) in [5, 5.41) is 9.37. The van der Waals surface area contributed by atoms with Crippen LogP contribution in [0.2, 0.25) is 5.02 Å². The van der Waals surface area contributed by atoms with E-state index in [9.17, 15) is 4.39 Å². The van der Waals surface area contributed by atoms with Gasteiger partial charge in [-0.2, -0.15) is 4.98 Å². The third kappa shape index (κ3) is 4.23. The molecule has 0 aliphatic carbocycles. The van der Waals surface area contributed by atoms with Gasteiger partial charge in [-0.15, -0.1) is 0 Å². The van der Waals surface area contributed by atoms with Crippen molar-refractivity contribution in [1.29, 1.82) is 0 Å². The maximum absolute atomic E-state index is 14.2. The van der Waals surface area contributed by atoms with Gasteiger partial charge in [0.25, 0.3) is 0 Å². The van der Waals surface area contributed by atoms with Crippen molar-refractivity contribution in [2.75, 3.05) is 24.8 Å². The molecule has 2 aromatic carbocycles. The molecule has 0 fully saturated rings. The number of allylic oxidation sites excluding steroid dienone is 1. The van der Waals surface area contributed by atoms with Gasteiger partial charge < -0.3 is 25.4 Å². The van der Waals surface area contributed by atoms with Crippen LogP contribution in [0.3, 0.4) is 0 Å². The molecule has 0 radical (unpaired) electrons. The summed E-state index contributed by atoms with van der Waals surface area (Å²) >= 11 is 6.13. The van der Waals surface area contributed by atoms with Gasteiger partial charge >= 0.3 is 0 Å². The first-order valence-electron chi connectivity index (χ1n) is 9.13. The van der Waals surface area contributed by atoms with Crippen molar-refractivity contribution in [2.24, 2.45) is 0 Å². The van der Waals surface area contributed by atoms with Crippen LogP contribution < -0.4 is 25.4 Å². The first-order valence-corrected chi connectivity index (χ1v) is 9.50. The summed E-state index contributed by atoms with van der Waals surface area (Å²) in [4.78, 5) is 8.26. The minimum absolute atomic E-state index is 0.0254. The quantitative estimate of drug-likeness (QED) is 0.523. The summed E-state index contributed by atoms with van der Waals surface area (Å²) in [5.41, 5.74) is 2.38. The van der Waals surface area contributed by atoms with Crippen molar-refractivity contribution in [2.45, 2.75) is 6.42 Å². The van der Waals surface area contributed by atoms with Crippen molar-refractivity contribution in [1.82, 2.24) is 15.3 Å². The molecule has 1 aromatic heterocycles. The van der Waals surface area contributed by atoms with E-state index >= 15 is 0 Å². The third-order valence-corrected chi connectivity index (χ3v) is 4.68. The number of hydrogen-bond donors (Lipinski definition) is 3. The Morgan fingerprint density at radius 2 is 1.97 bits per heavy atom. The lowest BCUT2D eigenvalue weighted by molar-refractivity contribution is 0.415. The second-order valence-electron chi connectivity index (χ2n) is 6.49. The SMILES string of the molecule is CN/C=C1/Cc2cc(Nc3ncc(F)c(Nc4ccc(OC)c(Cl)c4)n3)ccc2O1. The lowest BCUT2D eigenvalue weighted by atomic mass is 10.1. The monoisotopic (exact) mass is 427 g/mol. The molecule has 3 aromatic rings. The second kappa shape index (κ2) is 8.46. The lowest BCUT2D eigenvalue weighted by Crippen LogP contribution is -2.03. The molecule has 0 amide bonds. The van der Waals surface area contributed by atoms with E-state index in [4.69, 9.17) is 21.1 Å². The number of anilines is 4. The van der Waals surface area contributed by atoms with Gasteiger partial charge in [-0.1, -0.05) is 11.6 Å². The van der Waals surface area contributed by atoms with Gasteiger partial charge in [0, 0.05) is 36.6 Å². The Morgan fingerprint density at radius 1 is 1.17 bits per heavy atom. The number of fused-ring (bicyclic) bond motifs is 1. The Labute approximate surface area is 177 Å². The van der Waals surface area contributed by atoms with Crippen LogP contribution in [0.4, 0.5) is 27.5 Å². The van der Waals surface area contributed by atoms with Crippen molar-refractivity contribution in [3.05, 3.63) is 71.0 Å². The number of aromatic nitrogens is 2. The zero-order valence-corrected chi connectivity index (χ0v) is 17.0. The van der Waals surface area contributed by atoms with E-state index in [1.165, 1.54) is 7.11 Å². The molecule has 7 nitrogen and oxygen atoms in total. The Kier molecular flexibility index (Phi) is 5.58. The van der Waals surface area contributed by atoms with Gasteiger partial charge in [0.1, 0.15) is 17.3 Å². The predicted octanol–water partition coefficient (Wildman–Crippen LogP) is 4.76. The van der Waals surface area contributed by atoms with E-state index in [1.54, 1.807) is 18.2 Å². The molecule has 1 aliphatic rings. The van der Waals surface area contributed by atoms with Crippen LogP contribution in [0.1, 0.15) is 5.56 Å². The Hall–Kier alpha value is -3.52. The molecular formula is C21H19ClFN5O2. The molecule has 1 aliphatic heterocycles. The molecule has 3 N–H and O–H groups in total. The van der Waals surface area contributed by atoms with Crippen molar-refractivity contribution in [3.63, 3.8) is 0 Å². The van der Waals surface area contributed by atoms with Crippen molar-refractivity contribution < 1.29 is 13.9 Å². The lowest BCUT2D eigenvalue weighted by Gasteiger charge is -2.11. The fourth-order valence-corrected chi connectivity index (χ4v) is 3.28. The summed E-state index contributed by atoms with van der Waals surface area (Å²) in [7, 11) is 3.35.